The number of carboxylic acids is 1. The fourth-order valence-electron chi connectivity index (χ4n) is 2.21. The molecule has 0 heterocycles. The van der Waals surface area contributed by atoms with Gasteiger partial charge in [-0.1, -0.05) is 56.3 Å². The lowest BCUT2D eigenvalue weighted by Crippen LogP contribution is -2.17. The van der Waals surface area contributed by atoms with Crippen LogP contribution in [0, 0.1) is 5.92 Å². The minimum absolute atomic E-state index is 0.0914. The SMILES string of the molecule is CC(C)[C@H](C(=O)O)c1ccc2ccccc2c1. The lowest BCUT2D eigenvalue weighted by Gasteiger charge is -2.17. The van der Waals surface area contributed by atoms with Crippen molar-refractivity contribution in [1.29, 1.82) is 0 Å². The molecule has 2 aromatic rings. The topological polar surface area (TPSA) is 37.3 Å². The molecule has 1 atom stereocenters. The first-order valence-corrected chi connectivity index (χ1v) is 5.81. The number of hydrogen-bond acceptors (Lipinski definition) is 1. The first kappa shape index (κ1) is 11.6. The zero-order valence-corrected chi connectivity index (χ0v) is 10.1. The second-order valence-corrected chi connectivity index (χ2v) is 4.67. The molecule has 0 bridgehead atoms. The molecule has 2 rings (SSSR count). The molecule has 2 aromatic carbocycles. The maximum absolute atomic E-state index is 11.3. The van der Waals surface area contributed by atoms with E-state index >= 15 is 0 Å². The standard InChI is InChI=1S/C15H16O2/c1-10(2)14(15(16)17)13-8-7-11-5-3-4-6-12(11)9-13/h3-10,14H,1-2H3,(H,16,17)/t14-/m0/s1. The van der Waals surface area contributed by atoms with Gasteiger partial charge in [0.15, 0.2) is 0 Å². The third kappa shape index (κ3) is 2.31. The van der Waals surface area contributed by atoms with E-state index in [1.54, 1.807) is 0 Å². The molecule has 0 aliphatic carbocycles. The molecule has 2 heteroatoms. The summed E-state index contributed by atoms with van der Waals surface area (Å²) in [7, 11) is 0. The van der Waals surface area contributed by atoms with Gasteiger partial charge in [-0.2, -0.15) is 0 Å². The van der Waals surface area contributed by atoms with Crippen LogP contribution < -0.4 is 0 Å². The van der Waals surface area contributed by atoms with Gasteiger partial charge in [-0.15, -0.1) is 0 Å². The second kappa shape index (κ2) is 4.58. The minimum Gasteiger partial charge on any atom is -0.481 e. The predicted octanol–water partition coefficient (Wildman–Crippen LogP) is 3.66. The highest BCUT2D eigenvalue weighted by molar-refractivity contribution is 5.85. The van der Waals surface area contributed by atoms with E-state index in [9.17, 15) is 9.90 Å². The Labute approximate surface area is 101 Å². The van der Waals surface area contributed by atoms with Gasteiger partial charge in [0.25, 0.3) is 0 Å². The largest absolute Gasteiger partial charge is 0.481 e. The molecule has 2 nitrogen and oxygen atoms in total. The van der Waals surface area contributed by atoms with Crippen LogP contribution in [0.2, 0.25) is 0 Å². The second-order valence-electron chi connectivity index (χ2n) is 4.67. The Morgan fingerprint density at radius 3 is 2.29 bits per heavy atom. The zero-order valence-electron chi connectivity index (χ0n) is 10.1. The fourth-order valence-corrected chi connectivity index (χ4v) is 2.21. The molecule has 0 saturated heterocycles. The number of hydrogen-bond donors (Lipinski definition) is 1. The summed E-state index contributed by atoms with van der Waals surface area (Å²) in [5.74, 6) is -1.09. The average molecular weight is 228 g/mol. The maximum atomic E-state index is 11.3. The summed E-state index contributed by atoms with van der Waals surface area (Å²) in [6.45, 7) is 3.88. The van der Waals surface area contributed by atoms with Gasteiger partial charge in [-0.05, 0) is 22.3 Å². The van der Waals surface area contributed by atoms with Crippen molar-refractivity contribution < 1.29 is 9.90 Å². The van der Waals surface area contributed by atoms with E-state index in [0.29, 0.717) is 0 Å². The third-order valence-electron chi connectivity index (χ3n) is 3.07. The van der Waals surface area contributed by atoms with Gasteiger partial charge in [0, 0.05) is 0 Å². The molecular formula is C15H16O2. The molecule has 17 heavy (non-hydrogen) atoms. The highest BCUT2D eigenvalue weighted by atomic mass is 16.4. The van der Waals surface area contributed by atoms with Crippen LogP contribution in [-0.2, 0) is 4.79 Å². The van der Waals surface area contributed by atoms with Gasteiger partial charge < -0.3 is 5.11 Å². The first-order chi connectivity index (χ1) is 8.09. The number of rotatable bonds is 3. The third-order valence-corrected chi connectivity index (χ3v) is 3.07. The summed E-state index contributed by atoms with van der Waals surface area (Å²) < 4.78 is 0. The highest BCUT2D eigenvalue weighted by Crippen LogP contribution is 2.27. The zero-order chi connectivity index (χ0) is 12.4. The molecule has 0 aliphatic rings. The monoisotopic (exact) mass is 228 g/mol. The van der Waals surface area contributed by atoms with E-state index in [4.69, 9.17) is 0 Å². The predicted molar refractivity (Wildman–Crippen MR) is 69.2 cm³/mol. The van der Waals surface area contributed by atoms with Crippen molar-refractivity contribution in [1.82, 2.24) is 0 Å². The van der Waals surface area contributed by atoms with E-state index in [-0.39, 0.29) is 5.92 Å². The maximum Gasteiger partial charge on any atom is 0.311 e. The number of fused-ring (bicyclic) bond motifs is 1. The molecular weight excluding hydrogens is 212 g/mol. The van der Waals surface area contributed by atoms with Crippen LogP contribution in [-0.4, -0.2) is 11.1 Å². The van der Waals surface area contributed by atoms with Crippen molar-refractivity contribution in [2.75, 3.05) is 0 Å². The molecule has 0 unspecified atom stereocenters. The van der Waals surface area contributed by atoms with Crippen molar-refractivity contribution in [2.24, 2.45) is 5.92 Å². The average Bonchev–Trinajstić information content (AvgIpc) is 2.28. The van der Waals surface area contributed by atoms with Crippen molar-refractivity contribution in [3.05, 3.63) is 48.0 Å². The van der Waals surface area contributed by atoms with Crippen LogP contribution in [0.15, 0.2) is 42.5 Å². The minimum atomic E-state index is -0.754. The first-order valence-electron chi connectivity index (χ1n) is 5.81. The Morgan fingerprint density at radius 2 is 1.71 bits per heavy atom. The molecule has 1 N–H and O–H groups in total. The van der Waals surface area contributed by atoms with Gasteiger partial charge in [0.05, 0.1) is 5.92 Å². The normalized spacial score (nSPS) is 12.9. The van der Waals surface area contributed by atoms with E-state index in [0.717, 1.165) is 16.3 Å². The summed E-state index contributed by atoms with van der Waals surface area (Å²) in [6.07, 6.45) is 0. The van der Waals surface area contributed by atoms with Crippen LogP contribution in [0.3, 0.4) is 0 Å². The summed E-state index contributed by atoms with van der Waals surface area (Å²) in [5, 5.41) is 11.5. The summed E-state index contributed by atoms with van der Waals surface area (Å²) in [4.78, 5) is 11.3. The van der Waals surface area contributed by atoms with Crippen molar-refractivity contribution in [3.8, 4) is 0 Å². The van der Waals surface area contributed by atoms with Gasteiger partial charge >= 0.3 is 5.97 Å². The van der Waals surface area contributed by atoms with E-state index in [1.807, 2.05) is 56.3 Å². The van der Waals surface area contributed by atoms with E-state index in [1.165, 1.54) is 0 Å². The van der Waals surface area contributed by atoms with E-state index in [2.05, 4.69) is 0 Å². The molecule has 0 fully saturated rings. The van der Waals surface area contributed by atoms with Gasteiger partial charge in [0.2, 0.25) is 0 Å². The molecule has 0 amide bonds. The summed E-state index contributed by atoms with van der Waals surface area (Å²) in [6, 6.07) is 13.9. The number of aliphatic carboxylic acids is 1. The fraction of sp³-hybridized carbons (Fsp3) is 0.267. The smallest absolute Gasteiger partial charge is 0.311 e. The molecule has 88 valence electrons. The van der Waals surface area contributed by atoms with Crippen LogP contribution in [0.1, 0.15) is 25.3 Å². The lowest BCUT2D eigenvalue weighted by molar-refractivity contribution is -0.139. The number of carboxylic acid groups (broad SMARTS) is 1. The Balaban J connectivity index is 2.51. The van der Waals surface area contributed by atoms with Crippen LogP contribution in [0.25, 0.3) is 10.8 Å². The van der Waals surface area contributed by atoms with E-state index < -0.39 is 11.9 Å². The molecule has 0 spiro atoms. The molecule has 0 aromatic heterocycles. The van der Waals surface area contributed by atoms with Crippen molar-refractivity contribution in [3.63, 3.8) is 0 Å². The Morgan fingerprint density at radius 1 is 1.06 bits per heavy atom. The Kier molecular flexibility index (Phi) is 3.14. The number of carbonyl (C=O) groups is 1. The molecule has 0 radical (unpaired) electrons. The molecule has 0 saturated carbocycles. The van der Waals surface area contributed by atoms with Crippen LogP contribution >= 0.6 is 0 Å². The molecule has 0 aliphatic heterocycles. The lowest BCUT2D eigenvalue weighted by atomic mass is 9.87. The Bertz CT molecular complexity index is 543. The summed E-state index contributed by atoms with van der Waals surface area (Å²) >= 11 is 0. The van der Waals surface area contributed by atoms with Crippen LogP contribution in [0.4, 0.5) is 0 Å². The highest BCUT2D eigenvalue weighted by Gasteiger charge is 2.23. The van der Waals surface area contributed by atoms with Gasteiger partial charge in [-0.25, -0.2) is 0 Å². The van der Waals surface area contributed by atoms with Crippen molar-refractivity contribution in [2.45, 2.75) is 19.8 Å². The van der Waals surface area contributed by atoms with Gasteiger partial charge in [0.1, 0.15) is 0 Å². The van der Waals surface area contributed by atoms with Crippen LogP contribution in [0.5, 0.6) is 0 Å². The van der Waals surface area contributed by atoms with Crippen molar-refractivity contribution >= 4 is 16.7 Å². The van der Waals surface area contributed by atoms with Gasteiger partial charge in [-0.3, -0.25) is 4.79 Å². The number of benzene rings is 2. The quantitative estimate of drug-likeness (QED) is 0.870. The summed E-state index contributed by atoms with van der Waals surface area (Å²) in [5.41, 5.74) is 0.881. The Hall–Kier alpha value is -1.83.